The zero-order valence-corrected chi connectivity index (χ0v) is 35.0. The Bertz CT molecular complexity index is 1720. The van der Waals surface area contributed by atoms with Crippen LogP contribution in [0.4, 0.5) is 4.79 Å². The SMILES string of the molecule is CC1OC(n2cc(/C=C/CNC(=O)CCCCCNC(=O)CCCCC3SCC4NC(=O)NC43)c(=O)[nH]c2=O)C(O)C1O.O=P([O-])([O-])[O-].O=P([O-])([O-])[O-].O=P([O-])([O-])[O-].[Li+]. The number of ether oxygens (including phenoxy) is 1. The first-order valence-electron chi connectivity index (χ1n) is 17.1. The largest absolute Gasteiger partial charge is 1.00 e. The third kappa shape index (κ3) is 26.7. The molecule has 0 bridgehead atoms. The van der Waals surface area contributed by atoms with E-state index in [9.17, 15) is 34.2 Å². The minimum Gasteiger partial charge on any atom is -0.822 e. The van der Waals surface area contributed by atoms with E-state index < -0.39 is 59.3 Å². The summed E-state index contributed by atoms with van der Waals surface area (Å²) in [5.74, 6) is 0.828. The smallest absolute Gasteiger partial charge is 0.822 e. The van der Waals surface area contributed by atoms with Gasteiger partial charge in [-0.05, 0) is 32.6 Å². The number of thioether (sulfide) groups is 1. The molecule has 0 spiro atoms. The van der Waals surface area contributed by atoms with Crippen LogP contribution in [0.5, 0.6) is 0 Å². The van der Waals surface area contributed by atoms with E-state index in [1.54, 1.807) is 13.0 Å². The van der Waals surface area contributed by atoms with E-state index >= 15 is 0 Å². The summed E-state index contributed by atoms with van der Waals surface area (Å²) in [4.78, 5) is 139. The van der Waals surface area contributed by atoms with Gasteiger partial charge in [0.1, 0.15) is 12.2 Å². The van der Waals surface area contributed by atoms with Crippen LogP contribution in [0.25, 0.3) is 6.08 Å². The summed E-state index contributed by atoms with van der Waals surface area (Å²) >= 11 is 1.88. The summed E-state index contributed by atoms with van der Waals surface area (Å²) in [5, 5.41) is 32.1. The Balaban J connectivity index is 0.00000180. The second kappa shape index (κ2) is 27.0. The van der Waals surface area contributed by atoms with Crippen LogP contribution in [0, 0.1) is 0 Å². The molecule has 334 valence electrons. The van der Waals surface area contributed by atoms with Crippen LogP contribution in [0.3, 0.4) is 0 Å². The predicted octanol–water partition coefficient (Wildman–Crippen LogP) is -11.8. The molecule has 0 saturated carbocycles. The number of carbonyl (C=O) groups excluding carboxylic acids is 3. The van der Waals surface area contributed by atoms with Gasteiger partial charge in [0, 0.05) is 43.1 Å². The third-order valence-electron chi connectivity index (χ3n) is 7.94. The summed E-state index contributed by atoms with van der Waals surface area (Å²) in [6.07, 6.45) is 5.78. The Morgan fingerprint density at radius 1 is 0.864 bits per heavy atom. The zero-order valence-electron chi connectivity index (χ0n) is 31.5. The molecule has 4 rings (SSSR count). The van der Waals surface area contributed by atoms with Crippen molar-refractivity contribution in [3.63, 3.8) is 0 Å². The standard InChI is InChI=1S/C28H42N6O8S.Li.3H3O4P/c1-16-23(37)24(38)26(42-16)34-14-17(25(39)33-28(34)41)8-7-13-30-20(35)10-3-2-6-12-29-21(36)11-5-4-9-19-22-18(15-43-19)31-27(40)32-22;;3*1-5(2,3)4/h7-8,14,16,18-19,22-24,26,37-38H,2-6,9-13,15H2,1H3,(H,29,36)(H,30,35)(H2,31,32,40)(H,33,39,41);;3*(H3,1,2,3,4)/q;+1;;;/p-9/b8-7+;;;;. The van der Waals surface area contributed by atoms with Crippen LogP contribution in [-0.2, 0) is 28.0 Å². The van der Waals surface area contributed by atoms with Crippen molar-refractivity contribution in [3.8, 4) is 0 Å². The first kappa shape index (κ1) is 56.8. The number of phosphoric acid groups is 3. The molecule has 31 heteroatoms. The van der Waals surface area contributed by atoms with E-state index in [2.05, 4.69) is 26.3 Å². The Morgan fingerprint density at radius 2 is 1.41 bits per heavy atom. The van der Waals surface area contributed by atoms with E-state index in [1.807, 2.05) is 11.8 Å². The average Bonchev–Trinajstić information content (AvgIpc) is 3.69. The molecule has 3 fully saturated rings. The summed E-state index contributed by atoms with van der Waals surface area (Å²) in [6, 6.07) is 0.336. The van der Waals surface area contributed by atoms with Crippen LogP contribution in [0.1, 0.15) is 70.1 Å². The van der Waals surface area contributed by atoms with Crippen LogP contribution >= 0.6 is 35.2 Å². The molecule has 4 heterocycles. The number of carbonyl (C=O) groups is 3. The first-order chi connectivity index (χ1) is 26.6. The zero-order chi connectivity index (χ0) is 44.4. The van der Waals surface area contributed by atoms with E-state index in [-0.39, 0.29) is 60.9 Å². The number of aromatic amines is 1. The number of nitrogens with one attached hydrogen (secondary N) is 5. The maximum atomic E-state index is 12.2. The third-order valence-corrected chi connectivity index (χ3v) is 9.45. The van der Waals surface area contributed by atoms with Crippen molar-refractivity contribution in [3.05, 3.63) is 38.7 Å². The normalized spacial score (nSPS) is 23.5. The molecule has 26 nitrogen and oxygen atoms in total. The number of amides is 4. The molecule has 1 aromatic rings. The number of rotatable bonds is 15. The molecule has 7 unspecified atom stereocenters. The maximum Gasteiger partial charge on any atom is 1.00 e. The van der Waals surface area contributed by atoms with Crippen molar-refractivity contribution in [2.75, 3.05) is 18.8 Å². The monoisotopic (exact) mass is 914 g/mol. The van der Waals surface area contributed by atoms with Gasteiger partial charge in [-0.3, -0.25) is 23.9 Å². The Morgan fingerprint density at radius 3 is 1.95 bits per heavy atom. The molecule has 1 aromatic heterocycles. The second-order valence-electron chi connectivity index (χ2n) is 12.5. The number of aliphatic hydroxyl groups is 2. The van der Waals surface area contributed by atoms with E-state index in [0.717, 1.165) is 42.4 Å². The van der Waals surface area contributed by atoms with Crippen LogP contribution in [0.2, 0.25) is 0 Å². The van der Waals surface area contributed by atoms with Crippen molar-refractivity contribution in [1.82, 2.24) is 30.8 Å². The van der Waals surface area contributed by atoms with Gasteiger partial charge in [-0.1, -0.05) is 25.0 Å². The van der Waals surface area contributed by atoms with Crippen LogP contribution in [-0.4, -0.2) is 92.1 Å². The molecular formula is C28H42LiN6O20P3S-8. The van der Waals surface area contributed by atoms with Crippen molar-refractivity contribution in [2.45, 2.75) is 100 Å². The van der Waals surface area contributed by atoms with Gasteiger partial charge in [0.15, 0.2) is 6.23 Å². The summed E-state index contributed by atoms with van der Waals surface area (Å²) in [6.45, 7) is 2.32. The molecule has 59 heavy (non-hydrogen) atoms. The van der Waals surface area contributed by atoms with Gasteiger partial charge in [0.25, 0.3) is 5.56 Å². The Labute approximate surface area is 352 Å². The molecule has 3 aliphatic rings. The number of hydrogen-bond acceptors (Lipinski definition) is 21. The average molecular weight is 915 g/mol. The summed E-state index contributed by atoms with van der Waals surface area (Å²) in [5.41, 5.74) is -1.27. The number of fused-ring (bicyclic) bond motifs is 1. The number of H-pyrrole nitrogens is 1. The van der Waals surface area contributed by atoms with Crippen molar-refractivity contribution in [1.29, 1.82) is 0 Å². The quantitative estimate of drug-likeness (QED) is 0.0372. The van der Waals surface area contributed by atoms with Gasteiger partial charge < -0.3 is 94.0 Å². The molecule has 3 aliphatic heterocycles. The number of urea groups is 1. The Hall–Kier alpha value is -2.21. The fraction of sp³-hybridized carbons (Fsp3) is 0.679. The van der Waals surface area contributed by atoms with Gasteiger partial charge >= 0.3 is 30.6 Å². The van der Waals surface area contributed by atoms with Gasteiger partial charge in [-0.25, -0.2) is 9.59 Å². The van der Waals surface area contributed by atoms with Crippen molar-refractivity contribution >= 4 is 59.2 Å². The number of aliphatic hydroxyl groups excluding tert-OH is 2. The molecule has 3 saturated heterocycles. The number of unbranched alkanes of at least 4 members (excludes halogenated alkanes) is 3. The summed E-state index contributed by atoms with van der Waals surface area (Å²) < 4.78 is 32.1. The fourth-order valence-electron chi connectivity index (χ4n) is 5.49. The van der Waals surface area contributed by atoms with E-state index in [4.69, 9.17) is 62.5 Å². The van der Waals surface area contributed by atoms with Gasteiger partial charge in [0.2, 0.25) is 11.8 Å². The molecular weight excluding hydrogens is 872 g/mol. The second-order valence-corrected chi connectivity index (χ2v) is 16.5. The number of aromatic nitrogens is 2. The van der Waals surface area contributed by atoms with Gasteiger partial charge in [-0.15, -0.1) is 0 Å². The van der Waals surface area contributed by atoms with E-state index in [1.165, 1.54) is 12.3 Å². The van der Waals surface area contributed by atoms with E-state index in [0.29, 0.717) is 31.1 Å². The van der Waals surface area contributed by atoms with Gasteiger partial charge in [0.05, 0.1) is 23.8 Å². The molecule has 4 amide bonds. The minimum absolute atomic E-state index is 0. The fourth-order valence-corrected chi connectivity index (χ4v) is 7.03. The van der Waals surface area contributed by atoms with Crippen LogP contribution in [0.15, 0.2) is 21.9 Å². The molecule has 0 aliphatic carbocycles. The molecule has 0 radical (unpaired) electrons. The molecule has 7 atom stereocenters. The molecule has 0 aromatic carbocycles. The van der Waals surface area contributed by atoms with Crippen LogP contribution < -0.4 is 95.4 Å². The Kier molecular flexibility index (Phi) is 26.0. The predicted molar refractivity (Wildman–Crippen MR) is 183 cm³/mol. The summed E-state index contributed by atoms with van der Waals surface area (Å²) in [7, 11) is -16.2. The first-order valence-corrected chi connectivity index (χ1v) is 22.5. The van der Waals surface area contributed by atoms with Gasteiger partial charge in [-0.2, -0.15) is 35.2 Å². The maximum absolute atomic E-state index is 12.2. The molecule has 7 N–H and O–H groups in total. The topological polar surface area (TPSA) is 463 Å². The number of nitrogens with zero attached hydrogens (tertiary/aromatic N) is 1. The minimum atomic E-state index is -5.39. The van der Waals surface area contributed by atoms with Crippen molar-refractivity contribution in [2.24, 2.45) is 0 Å². The number of hydrogen-bond donors (Lipinski definition) is 7. The van der Waals surface area contributed by atoms with Crippen molar-refractivity contribution < 1.29 is 106 Å².